The van der Waals surface area contributed by atoms with Crippen molar-refractivity contribution in [3.05, 3.63) is 64.3 Å². The van der Waals surface area contributed by atoms with E-state index >= 15 is 0 Å². The van der Waals surface area contributed by atoms with E-state index in [0.29, 0.717) is 13.2 Å². The molecule has 0 aliphatic heterocycles. The van der Waals surface area contributed by atoms with E-state index in [0.717, 1.165) is 28.6 Å². The molecule has 118 valence electrons. The first-order valence-corrected chi connectivity index (χ1v) is 7.43. The molecule has 0 amide bonds. The summed E-state index contributed by atoms with van der Waals surface area (Å²) >= 11 is 0. The monoisotopic (exact) mass is 311 g/mol. The minimum absolute atomic E-state index is 0.0789. The van der Waals surface area contributed by atoms with Gasteiger partial charge in [0.1, 0.15) is 5.75 Å². The van der Waals surface area contributed by atoms with Crippen molar-refractivity contribution in [3.8, 4) is 5.75 Å². The molecule has 0 atom stereocenters. The van der Waals surface area contributed by atoms with Crippen LogP contribution in [0.1, 0.15) is 12.0 Å². The van der Waals surface area contributed by atoms with E-state index < -0.39 is 4.92 Å². The summed E-state index contributed by atoms with van der Waals surface area (Å²) in [5.74, 6) is 0.853. The Morgan fingerprint density at radius 1 is 1.26 bits per heavy atom. The first kappa shape index (κ1) is 15.0. The summed E-state index contributed by atoms with van der Waals surface area (Å²) in [5, 5.41) is 16.1. The van der Waals surface area contributed by atoms with Gasteiger partial charge in [0, 0.05) is 30.5 Å². The lowest BCUT2D eigenvalue weighted by Gasteiger charge is -2.07. The average Bonchev–Trinajstić information content (AvgIpc) is 2.94. The molecule has 0 saturated heterocycles. The third-order valence-electron chi connectivity index (χ3n) is 3.61. The number of rotatable bonds is 6. The molecule has 0 radical (unpaired) electrons. The molecule has 6 nitrogen and oxygen atoms in total. The van der Waals surface area contributed by atoms with Crippen LogP contribution in [-0.2, 0) is 6.54 Å². The number of nitro groups is 1. The molecule has 1 aromatic heterocycles. The van der Waals surface area contributed by atoms with Gasteiger partial charge in [-0.05, 0) is 30.7 Å². The molecule has 1 heterocycles. The third kappa shape index (κ3) is 3.48. The molecule has 0 spiro atoms. The maximum absolute atomic E-state index is 10.9. The van der Waals surface area contributed by atoms with Crippen molar-refractivity contribution < 1.29 is 9.66 Å². The molecule has 0 aliphatic carbocycles. The summed E-state index contributed by atoms with van der Waals surface area (Å²) < 4.78 is 7.49. The Kier molecular flexibility index (Phi) is 4.23. The van der Waals surface area contributed by atoms with Crippen LogP contribution < -0.4 is 4.74 Å². The molecule has 3 aromatic rings. The first-order chi connectivity index (χ1) is 11.1. The quantitative estimate of drug-likeness (QED) is 0.395. The van der Waals surface area contributed by atoms with Gasteiger partial charge in [-0.2, -0.15) is 5.10 Å². The Labute approximate surface area is 133 Å². The first-order valence-electron chi connectivity index (χ1n) is 7.43. The van der Waals surface area contributed by atoms with Gasteiger partial charge >= 0.3 is 0 Å². The van der Waals surface area contributed by atoms with Gasteiger partial charge in [-0.15, -0.1) is 0 Å². The van der Waals surface area contributed by atoms with Crippen molar-refractivity contribution in [2.45, 2.75) is 19.9 Å². The van der Waals surface area contributed by atoms with E-state index in [1.165, 1.54) is 6.07 Å². The Morgan fingerprint density at radius 2 is 2.13 bits per heavy atom. The molecule has 0 bridgehead atoms. The smallest absolute Gasteiger partial charge is 0.271 e. The van der Waals surface area contributed by atoms with Crippen LogP contribution in [0.2, 0.25) is 0 Å². The fraction of sp³-hybridized carbons (Fsp3) is 0.235. The Morgan fingerprint density at radius 3 is 2.91 bits per heavy atom. The molecular weight excluding hydrogens is 294 g/mol. The normalized spacial score (nSPS) is 10.8. The van der Waals surface area contributed by atoms with Crippen molar-refractivity contribution in [1.29, 1.82) is 0 Å². The Bertz CT molecular complexity index is 842. The van der Waals surface area contributed by atoms with Crippen LogP contribution in [-0.4, -0.2) is 21.3 Å². The molecule has 0 aliphatic rings. The number of hydrogen-bond donors (Lipinski definition) is 0. The second-order valence-corrected chi connectivity index (χ2v) is 5.39. The molecule has 0 unspecified atom stereocenters. The van der Waals surface area contributed by atoms with Crippen molar-refractivity contribution in [1.82, 2.24) is 9.78 Å². The summed E-state index contributed by atoms with van der Waals surface area (Å²) in [7, 11) is 0. The van der Waals surface area contributed by atoms with Gasteiger partial charge < -0.3 is 4.74 Å². The Balaban J connectivity index is 1.63. The van der Waals surface area contributed by atoms with Gasteiger partial charge in [-0.1, -0.05) is 12.1 Å². The predicted octanol–water partition coefficient (Wildman–Crippen LogP) is 3.72. The molecule has 0 saturated carbocycles. The second kappa shape index (κ2) is 6.48. The van der Waals surface area contributed by atoms with E-state index in [4.69, 9.17) is 4.74 Å². The highest BCUT2D eigenvalue weighted by atomic mass is 16.6. The maximum atomic E-state index is 10.9. The minimum Gasteiger partial charge on any atom is -0.494 e. The van der Waals surface area contributed by atoms with Crippen molar-refractivity contribution in [2.24, 2.45) is 0 Å². The number of nitro benzene ring substituents is 1. The van der Waals surface area contributed by atoms with Gasteiger partial charge in [0.25, 0.3) is 5.69 Å². The van der Waals surface area contributed by atoms with Gasteiger partial charge in [0.05, 0.1) is 23.2 Å². The number of aromatic nitrogens is 2. The zero-order chi connectivity index (χ0) is 16.2. The predicted molar refractivity (Wildman–Crippen MR) is 87.7 cm³/mol. The standard InChI is InChI=1S/C17H17N3O3/c1-13-4-2-5-16(10-13)23-9-3-8-19-17-11-15(20(21)22)7-6-14(17)12-18-19/h2,4-7,10-12H,3,8-9H2,1H3. The summed E-state index contributed by atoms with van der Waals surface area (Å²) in [6.07, 6.45) is 2.49. The second-order valence-electron chi connectivity index (χ2n) is 5.39. The summed E-state index contributed by atoms with van der Waals surface area (Å²) in [6, 6.07) is 12.7. The van der Waals surface area contributed by atoms with Crippen molar-refractivity contribution in [2.75, 3.05) is 6.61 Å². The number of ether oxygens (including phenoxy) is 1. The fourth-order valence-corrected chi connectivity index (χ4v) is 2.46. The largest absolute Gasteiger partial charge is 0.494 e. The van der Waals surface area contributed by atoms with Crippen LogP contribution in [0.15, 0.2) is 48.7 Å². The van der Waals surface area contributed by atoms with Gasteiger partial charge in [0.15, 0.2) is 0 Å². The van der Waals surface area contributed by atoms with E-state index in [9.17, 15) is 10.1 Å². The lowest BCUT2D eigenvalue weighted by molar-refractivity contribution is -0.384. The van der Waals surface area contributed by atoms with E-state index in [1.807, 2.05) is 31.2 Å². The van der Waals surface area contributed by atoms with Crippen molar-refractivity contribution in [3.63, 3.8) is 0 Å². The topological polar surface area (TPSA) is 70.2 Å². The van der Waals surface area contributed by atoms with Gasteiger partial charge in [-0.3, -0.25) is 14.8 Å². The van der Waals surface area contributed by atoms with Crippen LogP contribution in [0.5, 0.6) is 5.75 Å². The number of aryl methyl sites for hydroxylation is 2. The molecule has 3 rings (SSSR count). The zero-order valence-electron chi connectivity index (χ0n) is 12.8. The number of hydrogen-bond acceptors (Lipinski definition) is 4. The zero-order valence-corrected chi connectivity index (χ0v) is 12.8. The highest BCUT2D eigenvalue weighted by Crippen LogP contribution is 2.21. The van der Waals surface area contributed by atoms with Crippen LogP contribution in [0.4, 0.5) is 5.69 Å². The Hall–Kier alpha value is -2.89. The van der Waals surface area contributed by atoms with Crippen molar-refractivity contribution >= 4 is 16.6 Å². The molecule has 6 heteroatoms. The lowest BCUT2D eigenvalue weighted by atomic mass is 10.2. The van der Waals surface area contributed by atoms with Crippen LogP contribution in [0.25, 0.3) is 10.9 Å². The van der Waals surface area contributed by atoms with E-state index in [-0.39, 0.29) is 5.69 Å². The fourth-order valence-electron chi connectivity index (χ4n) is 2.46. The minimum atomic E-state index is -0.391. The molecule has 0 N–H and O–H groups in total. The van der Waals surface area contributed by atoms with Crippen LogP contribution >= 0.6 is 0 Å². The average molecular weight is 311 g/mol. The number of fused-ring (bicyclic) bond motifs is 1. The summed E-state index contributed by atoms with van der Waals surface area (Å²) in [4.78, 5) is 10.5. The SMILES string of the molecule is Cc1cccc(OCCCn2ncc3ccc([N+](=O)[O-])cc32)c1. The third-order valence-corrected chi connectivity index (χ3v) is 3.61. The highest BCUT2D eigenvalue weighted by Gasteiger charge is 2.10. The lowest BCUT2D eigenvalue weighted by Crippen LogP contribution is -2.05. The summed E-state index contributed by atoms with van der Waals surface area (Å²) in [6.45, 7) is 3.24. The number of benzene rings is 2. The molecular formula is C17H17N3O3. The van der Waals surface area contributed by atoms with Crippen LogP contribution in [0, 0.1) is 17.0 Å². The number of non-ortho nitro benzene ring substituents is 1. The van der Waals surface area contributed by atoms with E-state index in [1.54, 1.807) is 23.0 Å². The van der Waals surface area contributed by atoms with E-state index in [2.05, 4.69) is 5.10 Å². The van der Waals surface area contributed by atoms with Gasteiger partial charge in [-0.25, -0.2) is 0 Å². The maximum Gasteiger partial charge on any atom is 0.271 e. The summed E-state index contributed by atoms with van der Waals surface area (Å²) in [5.41, 5.74) is 2.01. The molecule has 23 heavy (non-hydrogen) atoms. The molecule has 0 fully saturated rings. The number of nitrogens with zero attached hydrogens (tertiary/aromatic N) is 3. The van der Waals surface area contributed by atoms with Crippen LogP contribution in [0.3, 0.4) is 0 Å². The highest BCUT2D eigenvalue weighted by molar-refractivity contribution is 5.80. The van der Waals surface area contributed by atoms with Gasteiger partial charge in [0.2, 0.25) is 0 Å². The molecule has 2 aromatic carbocycles.